The highest BCUT2D eigenvalue weighted by molar-refractivity contribution is 6.01. The van der Waals surface area contributed by atoms with E-state index in [0.717, 1.165) is 16.5 Å². The molecule has 4 nitrogen and oxygen atoms in total. The van der Waals surface area contributed by atoms with Crippen molar-refractivity contribution in [3.8, 4) is 0 Å². The van der Waals surface area contributed by atoms with E-state index >= 15 is 0 Å². The van der Waals surface area contributed by atoms with Gasteiger partial charge >= 0.3 is 6.03 Å². The van der Waals surface area contributed by atoms with Crippen LogP contribution in [0.15, 0.2) is 42.5 Å². The van der Waals surface area contributed by atoms with Crippen LogP contribution in [0.3, 0.4) is 0 Å². The maximum Gasteiger partial charge on any atom is 0.319 e. The van der Waals surface area contributed by atoms with E-state index in [4.69, 9.17) is 5.73 Å². The molecule has 2 unspecified atom stereocenters. The molecule has 0 aliphatic rings. The molecule has 2 aromatic rings. The number of nitrogens with two attached hydrogens (primary N) is 1. The summed E-state index contributed by atoms with van der Waals surface area (Å²) >= 11 is 0. The molecule has 106 valence electrons. The van der Waals surface area contributed by atoms with E-state index in [9.17, 15) is 4.79 Å². The summed E-state index contributed by atoms with van der Waals surface area (Å²) in [4.78, 5) is 12.0. The number of fused-ring (bicyclic) bond motifs is 1. The van der Waals surface area contributed by atoms with Gasteiger partial charge in [0.15, 0.2) is 0 Å². The lowest BCUT2D eigenvalue weighted by atomic mass is 10.0. The SMILES string of the molecule is CC(CN)C(C)NC(=O)Nc1cccc2ccccc12. The molecule has 0 aromatic heterocycles. The highest BCUT2D eigenvalue weighted by Gasteiger charge is 2.13. The Morgan fingerprint density at radius 3 is 2.60 bits per heavy atom. The van der Waals surface area contributed by atoms with E-state index in [1.807, 2.05) is 56.3 Å². The van der Waals surface area contributed by atoms with Crippen LogP contribution in [0.4, 0.5) is 10.5 Å². The van der Waals surface area contributed by atoms with Crippen molar-refractivity contribution in [1.29, 1.82) is 0 Å². The first-order chi connectivity index (χ1) is 9.61. The van der Waals surface area contributed by atoms with Gasteiger partial charge < -0.3 is 16.4 Å². The van der Waals surface area contributed by atoms with Gasteiger partial charge in [-0.2, -0.15) is 0 Å². The number of carbonyl (C=O) groups excluding carboxylic acids is 1. The summed E-state index contributed by atoms with van der Waals surface area (Å²) in [7, 11) is 0. The van der Waals surface area contributed by atoms with Gasteiger partial charge in [-0.3, -0.25) is 0 Å². The molecule has 2 atom stereocenters. The Balaban J connectivity index is 2.10. The summed E-state index contributed by atoms with van der Waals surface area (Å²) in [5.41, 5.74) is 6.42. The molecule has 0 bridgehead atoms. The summed E-state index contributed by atoms with van der Waals surface area (Å²) in [5.74, 6) is 0.244. The number of carbonyl (C=O) groups is 1. The molecule has 0 aliphatic carbocycles. The zero-order valence-corrected chi connectivity index (χ0v) is 11.9. The van der Waals surface area contributed by atoms with Crippen molar-refractivity contribution in [3.05, 3.63) is 42.5 Å². The number of anilines is 1. The van der Waals surface area contributed by atoms with Gasteiger partial charge in [-0.1, -0.05) is 43.3 Å². The van der Waals surface area contributed by atoms with Crippen LogP contribution in [0.1, 0.15) is 13.8 Å². The Morgan fingerprint density at radius 1 is 1.15 bits per heavy atom. The van der Waals surface area contributed by atoms with Crippen molar-refractivity contribution in [2.24, 2.45) is 11.7 Å². The van der Waals surface area contributed by atoms with Gasteiger partial charge in [0.05, 0.1) is 5.69 Å². The van der Waals surface area contributed by atoms with Gasteiger partial charge in [0, 0.05) is 11.4 Å². The number of hydrogen-bond donors (Lipinski definition) is 3. The number of nitrogens with one attached hydrogen (secondary N) is 2. The predicted octanol–water partition coefficient (Wildman–Crippen LogP) is 2.94. The Bertz CT molecular complexity index is 592. The molecule has 0 aliphatic heterocycles. The topological polar surface area (TPSA) is 67.1 Å². The van der Waals surface area contributed by atoms with Crippen molar-refractivity contribution in [2.45, 2.75) is 19.9 Å². The second-order valence-corrected chi connectivity index (χ2v) is 5.13. The van der Waals surface area contributed by atoms with Crippen LogP contribution in [0.2, 0.25) is 0 Å². The second-order valence-electron chi connectivity index (χ2n) is 5.13. The number of hydrogen-bond acceptors (Lipinski definition) is 2. The van der Waals surface area contributed by atoms with Gasteiger partial charge in [-0.25, -0.2) is 4.79 Å². The molecule has 0 radical (unpaired) electrons. The molecule has 2 amide bonds. The zero-order valence-electron chi connectivity index (χ0n) is 11.9. The Labute approximate surface area is 119 Å². The van der Waals surface area contributed by atoms with Crippen molar-refractivity contribution >= 4 is 22.5 Å². The summed E-state index contributed by atoms with van der Waals surface area (Å²) in [6, 6.07) is 13.7. The van der Waals surface area contributed by atoms with Crippen LogP contribution in [0.5, 0.6) is 0 Å². The van der Waals surface area contributed by atoms with Crippen molar-refractivity contribution in [3.63, 3.8) is 0 Å². The predicted molar refractivity (Wildman–Crippen MR) is 83.8 cm³/mol. The van der Waals surface area contributed by atoms with Gasteiger partial charge in [-0.05, 0) is 30.8 Å². The third-order valence-corrected chi connectivity index (χ3v) is 3.62. The smallest absolute Gasteiger partial charge is 0.319 e. The Kier molecular flexibility index (Phi) is 4.58. The fourth-order valence-electron chi connectivity index (χ4n) is 2.05. The quantitative estimate of drug-likeness (QED) is 0.800. The van der Waals surface area contributed by atoms with E-state index in [2.05, 4.69) is 10.6 Å². The van der Waals surface area contributed by atoms with Crippen LogP contribution >= 0.6 is 0 Å². The molecular formula is C16H21N3O. The van der Waals surface area contributed by atoms with Crippen molar-refractivity contribution in [2.75, 3.05) is 11.9 Å². The number of rotatable bonds is 4. The lowest BCUT2D eigenvalue weighted by molar-refractivity contribution is 0.245. The Hall–Kier alpha value is -2.07. The first-order valence-electron chi connectivity index (χ1n) is 6.87. The minimum absolute atomic E-state index is 0.0370. The third kappa shape index (κ3) is 3.27. The minimum atomic E-state index is -0.200. The van der Waals surface area contributed by atoms with Crippen LogP contribution in [-0.4, -0.2) is 18.6 Å². The maximum atomic E-state index is 12.0. The normalized spacial score (nSPS) is 13.8. The van der Waals surface area contributed by atoms with E-state index in [0.29, 0.717) is 6.54 Å². The molecule has 0 spiro atoms. The lowest BCUT2D eigenvalue weighted by Gasteiger charge is -2.20. The highest BCUT2D eigenvalue weighted by Crippen LogP contribution is 2.22. The minimum Gasteiger partial charge on any atom is -0.335 e. The van der Waals surface area contributed by atoms with Crippen LogP contribution in [0.25, 0.3) is 10.8 Å². The zero-order chi connectivity index (χ0) is 14.5. The number of benzene rings is 2. The number of amides is 2. The van der Waals surface area contributed by atoms with Crippen LogP contribution in [-0.2, 0) is 0 Å². The van der Waals surface area contributed by atoms with Crippen LogP contribution in [0, 0.1) is 5.92 Å². The molecule has 0 fully saturated rings. The first kappa shape index (κ1) is 14.3. The molecule has 4 heteroatoms. The van der Waals surface area contributed by atoms with Crippen molar-refractivity contribution in [1.82, 2.24) is 5.32 Å². The van der Waals surface area contributed by atoms with E-state index < -0.39 is 0 Å². The standard InChI is InChI=1S/C16H21N3O/c1-11(10-17)12(2)18-16(20)19-15-9-5-7-13-6-3-4-8-14(13)15/h3-9,11-12H,10,17H2,1-2H3,(H2,18,19,20). The molecule has 2 rings (SSSR count). The highest BCUT2D eigenvalue weighted by atomic mass is 16.2. The summed E-state index contributed by atoms with van der Waals surface area (Å²) in [6.45, 7) is 4.53. The van der Waals surface area contributed by atoms with Gasteiger partial charge in [0.1, 0.15) is 0 Å². The maximum absolute atomic E-state index is 12.0. The molecule has 20 heavy (non-hydrogen) atoms. The van der Waals surface area contributed by atoms with E-state index in [1.54, 1.807) is 0 Å². The average Bonchev–Trinajstić information content (AvgIpc) is 2.46. The fraction of sp³-hybridized carbons (Fsp3) is 0.312. The van der Waals surface area contributed by atoms with Gasteiger partial charge in [0.2, 0.25) is 0 Å². The Morgan fingerprint density at radius 2 is 1.85 bits per heavy atom. The third-order valence-electron chi connectivity index (χ3n) is 3.62. The molecule has 0 saturated carbocycles. The average molecular weight is 271 g/mol. The van der Waals surface area contributed by atoms with Gasteiger partial charge in [-0.15, -0.1) is 0 Å². The molecule has 4 N–H and O–H groups in total. The first-order valence-corrected chi connectivity index (χ1v) is 6.87. The number of urea groups is 1. The molecule has 0 saturated heterocycles. The summed E-state index contributed by atoms with van der Waals surface area (Å²) in [6.07, 6.45) is 0. The fourth-order valence-corrected chi connectivity index (χ4v) is 2.05. The van der Waals surface area contributed by atoms with Crippen molar-refractivity contribution < 1.29 is 4.79 Å². The molecule has 2 aromatic carbocycles. The largest absolute Gasteiger partial charge is 0.335 e. The summed E-state index contributed by atoms with van der Waals surface area (Å²) in [5, 5.41) is 7.95. The lowest BCUT2D eigenvalue weighted by Crippen LogP contribution is -2.41. The van der Waals surface area contributed by atoms with E-state index in [1.165, 1.54) is 0 Å². The second kappa shape index (κ2) is 6.39. The molecular weight excluding hydrogens is 250 g/mol. The van der Waals surface area contributed by atoms with Crippen LogP contribution < -0.4 is 16.4 Å². The van der Waals surface area contributed by atoms with Gasteiger partial charge in [0.25, 0.3) is 0 Å². The monoisotopic (exact) mass is 271 g/mol. The summed E-state index contributed by atoms with van der Waals surface area (Å²) < 4.78 is 0. The molecule has 0 heterocycles. The van der Waals surface area contributed by atoms with E-state index in [-0.39, 0.29) is 18.0 Å².